The van der Waals surface area contributed by atoms with Gasteiger partial charge in [-0.15, -0.1) is 0 Å². The molecule has 0 unspecified atom stereocenters. The van der Waals surface area contributed by atoms with Crippen molar-refractivity contribution in [1.29, 1.82) is 0 Å². The number of aromatic amines is 1. The second-order valence-corrected chi connectivity index (χ2v) is 6.39. The van der Waals surface area contributed by atoms with Crippen LogP contribution >= 0.6 is 0 Å². The molecule has 0 aliphatic carbocycles. The summed E-state index contributed by atoms with van der Waals surface area (Å²) in [6, 6.07) is 13.4. The van der Waals surface area contributed by atoms with Crippen molar-refractivity contribution >= 4 is 11.0 Å². The van der Waals surface area contributed by atoms with Crippen LogP contribution in [-0.4, -0.2) is 26.1 Å². The number of benzene rings is 2. The van der Waals surface area contributed by atoms with E-state index in [0.29, 0.717) is 18.7 Å². The lowest BCUT2D eigenvalue weighted by Crippen LogP contribution is -2.29. The highest BCUT2D eigenvalue weighted by molar-refractivity contribution is 5.81. The van der Waals surface area contributed by atoms with Crippen LogP contribution in [0.2, 0.25) is 0 Å². The number of aromatic nitrogens is 4. The van der Waals surface area contributed by atoms with Crippen molar-refractivity contribution in [2.45, 2.75) is 20.4 Å². The first-order valence-electron chi connectivity index (χ1n) is 8.62. The maximum atomic E-state index is 12.2. The molecule has 0 spiro atoms. The van der Waals surface area contributed by atoms with Crippen molar-refractivity contribution < 1.29 is 4.74 Å². The van der Waals surface area contributed by atoms with Gasteiger partial charge in [-0.3, -0.25) is 9.78 Å². The number of nitrogens with one attached hydrogen (secondary N) is 1. The summed E-state index contributed by atoms with van der Waals surface area (Å²) in [5.74, 6) is 1.01. The molecule has 2 aliphatic heterocycles. The van der Waals surface area contributed by atoms with E-state index in [1.54, 1.807) is 0 Å². The number of hydrogen-bond acceptors (Lipinski definition) is 5. The van der Waals surface area contributed by atoms with E-state index in [0.717, 1.165) is 22.4 Å². The van der Waals surface area contributed by atoms with Crippen LogP contribution in [0.3, 0.4) is 0 Å². The monoisotopic (exact) mass is 362 g/mol. The quantitative estimate of drug-likeness (QED) is 0.563. The van der Waals surface area contributed by atoms with Crippen LogP contribution < -0.4 is 16.0 Å². The summed E-state index contributed by atoms with van der Waals surface area (Å²) in [6.45, 7) is 4.78. The summed E-state index contributed by atoms with van der Waals surface area (Å²) in [7, 11) is 0. The van der Waals surface area contributed by atoms with Crippen LogP contribution in [0.1, 0.15) is 11.1 Å². The smallest absolute Gasteiger partial charge is 0.349 e. The van der Waals surface area contributed by atoms with Crippen molar-refractivity contribution in [3.63, 3.8) is 0 Å². The maximum absolute atomic E-state index is 12.2. The van der Waals surface area contributed by atoms with E-state index in [1.807, 2.05) is 60.9 Å². The Bertz CT molecular complexity index is 1210. The predicted octanol–water partition coefficient (Wildman–Crippen LogP) is 2.28. The number of ether oxygens (including phenoxy) is 1. The summed E-state index contributed by atoms with van der Waals surface area (Å²) in [5.41, 5.74) is 2.57. The third kappa shape index (κ3) is 3.19. The van der Waals surface area contributed by atoms with Crippen LogP contribution in [0.15, 0.2) is 52.1 Å². The summed E-state index contributed by atoms with van der Waals surface area (Å²) in [6.07, 6.45) is 0. The van der Waals surface area contributed by atoms with Crippen molar-refractivity contribution in [2.24, 2.45) is 0 Å². The molecule has 0 bridgehead atoms. The van der Waals surface area contributed by atoms with Gasteiger partial charge in [0, 0.05) is 0 Å². The number of H-pyrrole nitrogens is 1. The molecule has 0 saturated carbocycles. The maximum Gasteiger partial charge on any atom is 0.349 e. The molecule has 2 aromatic carbocycles. The lowest BCUT2D eigenvalue weighted by atomic mass is 10.1. The molecule has 27 heavy (non-hydrogen) atoms. The average molecular weight is 362 g/mol. The fourth-order valence-electron chi connectivity index (χ4n) is 3.05. The topological polar surface area (TPSA) is 89.9 Å². The third-order valence-corrected chi connectivity index (χ3v) is 4.55. The molecule has 7 nitrogen and oxygen atoms in total. The van der Waals surface area contributed by atoms with Crippen LogP contribution in [0.5, 0.6) is 5.75 Å². The van der Waals surface area contributed by atoms with Crippen LogP contribution in [0, 0.1) is 13.8 Å². The molecule has 0 radical (unpaired) electrons. The third-order valence-electron chi connectivity index (χ3n) is 4.55. The van der Waals surface area contributed by atoms with Crippen LogP contribution in [0.25, 0.3) is 22.6 Å². The zero-order valence-corrected chi connectivity index (χ0v) is 15.0. The fourth-order valence-corrected chi connectivity index (χ4v) is 3.05. The van der Waals surface area contributed by atoms with Gasteiger partial charge < -0.3 is 9.30 Å². The van der Waals surface area contributed by atoms with Gasteiger partial charge in [0.15, 0.2) is 11.5 Å². The molecule has 7 heteroatoms. The second-order valence-electron chi connectivity index (χ2n) is 6.39. The summed E-state index contributed by atoms with van der Waals surface area (Å²) in [5, 5.41) is 0. The Morgan fingerprint density at radius 1 is 1.04 bits per heavy atom. The molecular weight excluding hydrogens is 344 g/mol. The Morgan fingerprint density at radius 3 is 2.56 bits per heavy atom. The first-order chi connectivity index (χ1) is 13.0. The SMILES string of the molecule is Cc1cc2nc3c(=O)[nH]c(=O)nc-3n(CCOc3ccccc3)c2cc1C. The van der Waals surface area contributed by atoms with Gasteiger partial charge in [0.1, 0.15) is 12.4 Å². The Labute approximate surface area is 154 Å². The lowest BCUT2D eigenvalue weighted by Gasteiger charge is -2.18. The van der Waals surface area contributed by atoms with E-state index in [4.69, 9.17) is 4.74 Å². The Morgan fingerprint density at radius 2 is 1.78 bits per heavy atom. The molecule has 0 fully saturated rings. The minimum absolute atomic E-state index is 0.144. The Hall–Kier alpha value is -3.48. The van der Waals surface area contributed by atoms with E-state index in [1.165, 1.54) is 0 Å². The number of rotatable bonds is 4. The molecule has 136 valence electrons. The molecule has 0 amide bonds. The average Bonchev–Trinajstić information content (AvgIpc) is 2.64. The molecule has 1 N–H and O–H groups in total. The van der Waals surface area contributed by atoms with E-state index in [9.17, 15) is 9.59 Å². The minimum atomic E-state index is -0.685. The normalized spacial score (nSPS) is 11.2. The first kappa shape index (κ1) is 17.0. The van der Waals surface area contributed by atoms with Gasteiger partial charge in [0.05, 0.1) is 17.6 Å². The standard InChI is InChI=1S/C20H18N4O3/c1-12-10-15-16(11-13(12)2)24(8-9-27-14-6-4-3-5-7-14)18-17(21-15)19(25)23-20(26)22-18/h3-7,10-11H,8-9H2,1-2H3,(H,23,25,26). The highest BCUT2D eigenvalue weighted by Crippen LogP contribution is 2.23. The fraction of sp³-hybridized carbons (Fsp3) is 0.200. The van der Waals surface area contributed by atoms with Gasteiger partial charge in [0.2, 0.25) is 0 Å². The minimum Gasteiger partial charge on any atom is -0.492 e. The lowest BCUT2D eigenvalue weighted by molar-refractivity contribution is 0.300. The number of aryl methyl sites for hydroxylation is 2. The van der Waals surface area contributed by atoms with Crippen molar-refractivity contribution in [1.82, 2.24) is 19.5 Å². The number of fused-ring (bicyclic) bond motifs is 2. The van der Waals surface area contributed by atoms with Crippen molar-refractivity contribution in [2.75, 3.05) is 6.61 Å². The molecule has 4 rings (SSSR count). The van der Waals surface area contributed by atoms with E-state index >= 15 is 0 Å². The number of hydrogen-bond donors (Lipinski definition) is 1. The summed E-state index contributed by atoms with van der Waals surface area (Å²) in [4.78, 5) is 34.6. The highest BCUT2D eigenvalue weighted by Gasteiger charge is 2.19. The van der Waals surface area contributed by atoms with Crippen LogP contribution in [-0.2, 0) is 6.54 Å². The molecule has 2 aromatic rings. The van der Waals surface area contributed by atoms with E-state index in [-0.39, 0.29) is 11.5 Å². The largest absolute Gasteiger partial charge is 0.492 e. The molecule has 0 aromatic heterocycles. The van der Waals surface area contributed by atoms with Gasteiger partial charge in [-0.2, -0.15) is 4.98 Å². The zero-order chi connectivity index (χ0) is 19.0. The second kappa shape index (κ2) is 6.68. The molecule has 0 atom stereocenters. The van der Waals surface area contributed by atoms with E-state index in [2.05, 4.69) is 15.0 Å². The first-order valence-corrected chi connectivity index (χ1v) is 8.62. The van der Waals surface area contributed by atoms with Crippen molar-refractivity contribution in [3.05, 3.63) is 74.4 Å². The number of nitrogens with zero attached hydrogens (tertiary/aromatic N) is 3. The Kier molecular flexibility index (Phi) is 4.19. The van der Waals surface area contributed by atoms with Gasteiger partial charge in [-0.1, -0.05) is 18.2 Å². The van der Waals surface area contributed by atoms with Gasteiger partial charge >= 0.3 is 5.69 Å². The van der Waals surface area contributed by atoms with Gasteiger partial charge in [0.25, 0.3) is 5.56 Å². The highest BCUT2D eigenvalue weighted by atomic mass is 16.5. The summed E-state index contributed by atoms with van der Waals surface area (Å²) < 4.78 is 7.61. The zero-order valence-electron chi connectivity index (χ0n) is 15.0. The predicted molar refractivity (Wildman–Crippen MR) is 102 cm³/mol. The molecular formula is C20H18N4O3. The molecule has 0 saturated heterocycles. The van der Waals surface area contributed by atoms with Crippen molar-refractivity contribution in [3.8, 4) is 17.3 Å². The Balaban J connectivity index is 1.85. The van der Waals surface area contributed by atoms with E-state index < -0.39 is 11.2 Å². The van der Waals surface area contributed by atoms with Gasteiger partial charge in [-0.25, -0.2) is 9.78 Å². The van der Waals surface area contributed by atoms with Gasteiger partial charge in [-0.05, 0) is 49.2 Å². The molecule has 2 heterocycles. The molecule has 2 aliphatic rings. The van der Waals surface area contributed by atoms with Crippen LogP contribution in [0.4, 0.5) is 0 Å². The number of para-hydroxylation sites is 1. The summed E-state index contributed by atoms with van der Waals surface area (Å²) >= 11 is 0.